The summed E-state index contributed by atoms with van der Waals surface area (Å²) in [5.41, 5.74) is -27.8. The Bertz CT molecular complexity index is 1750. The molecule has 2 atom stereocenters. The molecule has 0 saturated carbocycles. The fourth-order valence-corrected chi connectivity index (χ4v) is 5.24. The van der Waals surface area contributed by atoms with Gasteiger partial charge in [-0.3, -0.25) is 0 Å². The fourth-order valence-electron chi connectivity index (χ4n) is 5.24. The molecule has 0 aliphatic carbocycles. The Hall–Kier alpha value is -5.28. The van der Waals surface area contributed by atoms with E-state index in [0.717, 1.165) is 36.4 Å². The number of allylic oxidation sites excluding steroid dienone is 1. The number of carboxylic acids is 2. The van der Waals surface area contributed by atoms with Crippen molar-refractivity contribution in [3.63, 3.8) is 0 Å². The van der Waals surface area contributed by atoms with Gasteiger partial charge in [-0.05, 0) is 41.0 Å². The number of carboxylic acid groups (broad SMARTS) is 2. The van der Waals surface area contributed by atoms with Gasteiger partial charge in [-0.15, -0.1) is 0 Å². The van der Waals surface area contributed by atoms with E-state index < -0.39 is 92.0 Å². The highest BCUT2D eigenvalue weighted by atomic mass is 19.4. The summed E-state index contributed by atoms with van der Waals surface area (Å²) < 4.78 is 191. The van der Waals surface area contributed by atoms with Gasteiger partial charge < -0.3 is 10.2 Å². The topological polar surface area (TPSA) is 74.6 Å². The van der Waals surface area contributed by atoms with Crippen molar-refractivity contribution in [3.05, 3.63) is 148 Å². The molecule has 0 fully saturated rings. The van der Waals surface area contributed by atoms with E-state index in [1.54, 1.807) is 0 Å². The minimum absolute atomic E-state index is 0.0951. The molecule has 0 aliphatic heterocycles. The van der Waals surface area contributed by atoms with Crippen LogP contribution in [-0.2, 0) is 11.8 Å². The van der Waals surface area contributed by atoms with Gasteiger partial charge in [0.05, 0.1) is 11.1 Å². The summed E-state index contributed by atoms with van der Waals surface area (Å²) in [7, 11) is 0. The molecule has 4 aromatic carbocycles. The Morgan fingerprint density at radius 3 is 0.920 bits per heavy atom. The van der Waals surface area contributed by atoms with Crippen LogP contribution in [0.1, 0.15) is 43.0 Å². The molecular formula is C34H20F12O4. The zero-order chi connectivity index (χ0) is 37.5. The maximum absolute atomic E-state index is 17.3. The van der Waals surface area contributed by atoms with Gasteiger partial charge >= 0.3 is 36.1 Å². The van der Waals surface area contributed by atoms with Crippen LogP contribution < -0.4 is 0 Å². The number of alkyl halides is 12. The zero-order valence-corrected chi connectivity index (χ0v) is 24.6. The van der Waals surface area contributed by atoms with Crippen LogP contribution in [-0.4, -0.2) is 45.8 Å². The first-order valence-electron chi connectivity index (χ1n) is 13.8. The van der Waals surface area contributed by atoms with Crippen molar-refractivity contribution in [1.82, 2.24) is 0 Å². The van der Waals surface area contributed by atoms with Crippen LogP contribution in [0.4, 0.5) is 52.7 Å². The van der Waals surface area contributed by atoms with Gasteiger partial charge in [-0.1, -0.05) is 84.9 Å². The molecule has 0 heterocycles. The molecule has 2 unspecified atom stereocenters. The largest absolute Gasteiger partial charge is 0.478 e. The highest BCUT2D eigenvalue weighted by Crippen LogP contribution is 2.66. The molecule has 0 aliphatic rings. The van der Waals surface area contributed by atoms with Gasteiger partial charge in [-0.25, -0.2) is 18.4 Å². The number of carbonyl (C=O) groups is 2. The molecule has 50 heavy (non-hydrogen) atoms. The summed E-state index contributed by atoms with van der Waals surface area (Å²) in [5, 5.41) is 18.2. The second-order valence-electron chi connectivity index (χ2n) is 10.7. The quantitative estimate of drug-likeness (QED) is 0.160. The zero-order valence-electron chi connectivity index (χ0n) is 24.6. The van der Waals surface area contributed by atoms with Crippen LogP contribution in [0.5, 0.6) is 0 Å². The lowest BCUT2D eigenvalue weighted by Gasteiger charge is -2.46. The number of hydrogen-bond donors (Lipinski definition) is 2. The third-order valence-electron chi connectivity index (χ3n) is 7.70. The van der Waals surface area contributed by atoms with E-state index in [2.05, 4.69) is 0 Å². The average Bonchev–Trinajstić information content (AvgIpc) is 3.06. The summed E-state index contributed by atoms with van der Waals surface area (Å²) in [4.78, 5) is 22.5. The lowest BCUT2D eigenvalue weighted by Crippen LogP contribution is -2.66. The van der Waals surface area contributed by atoms with Crippen molar-refractivity contribution in [2.75, 3.05) is 0 Å². The molecule has 264 valence electrons. The maximum atomic E-state index is 17.3. The van der Waals surface area contributed by atoms with Crippen molar-refractivity contribution >= 4 is 17.5 Å². The lowest BCUT2D eigenvalue weighted by molar-refractivity contribution is -0.330. The maximum Gasteiger partial charge on any atom is 0.433 e. The van der Waals surface area contributed by atoms with Gasteiger partial charge in [0.1, 0.15) is 0 Å². The predicted octanol–water partition coefficient (Wildman–Crippen LogP) is 10.0. The normalized spacial score (nSPS) is 15.0. The van der Waals surface area contributed by atoms with E-state index in [1.165, 1.54) is 0 Å². The molecule has 2 N–H and O–H groups in total. The van der Waals surface area contributed by atoms with Gasteiger partial charge in [0, 0.05) is 16.7 Å². The summed E-state index contributed by atoms with van der Waals surface area (Å²) in [6, 6.07) is 9.11. The van der Waals surface area contributed by atoms with E-state index in [1.807, 2.05) is 0 Å². The van der Waals surface area contributed by atoms with Crippen molar-refractivity contribution in [2.24, 2.45) is 0 Å². The molecule has 0 aromatic heterocycles. The molecule has 0 amide bonds. The van der Waals surface area contributed by atoms with Crippen molar-refractivity contribution < 1.29 is 72.5 Å². The Kier molecular flexibility index (Phi) is 9.67. The minimum atomic E-state index is -7.32. The van der Waals surface area contributed by atoms with E-state index in [-0.39, 0.29) is 48.5 Å². The molecule has 4 rings (SSSR count). The summed E-state index contributed by atoms with van der Waals surface area (Å²) >= 11 is 0. The van der Waals surface area contributed by atoms with Crippen LogP contribution in [0.2, 0.25) is 0 Å². The molecule has 0 saturated heterocycles. The first kappa shape index (κ1) is 37.5. The van der Waals surface area contributed by atoms with Crippen LogP contribution in [0.3, 0.4) is 0 Å². The molecule has 4 aromatic rings. The third kappa shape index (κ3) is 6.07. The highest BCUT2D eigenvalue weighted by Gasteiger charge is 2.85. The number of hydrogen-bond acceptors (Lipinski definition) is 2. The van der Waals surface area contributed by atoms with E-state index in [4.69, 9.17) is 10.2 Å². The molecule has 0 spiro atoms. The standard InChI is InChI=1S/C34H20F12O4/c35-29(33(41,42)43,31(37,38)23-15-11-21(12-16-23)27(47)48)26(25(19-7-3-1-4-8-19)20-9-5-2-6-10-20)30(36,34(44,45)46)32(39,40)24-17-13-22(14-18-24)28(49)50/h1-18H,(H,47,48)(H,49,50). The number of rotatable bonds is 10. The SMILES string of the molecule is O=C(O)c1ccc(C(F)(F)C(F)(C(=C(c2ccccc2)c2ccccc2)C(F)(C(F)(F)F)C(F)(F)c2ccc(C(=O)O)cc2)C(F)(F)F)cc1. The van der Waals surface area contributed by atoms with Crippen LogP contribution in [0.15, 0.2) is 115 Å². The molecule has 4 nitrogen and oxygen atoms in total. The fraction of sp³-hybridized carbons (Fsp3) is 0.176. The Balaban J connectivity index is 2.33. The summed E-state index contributed by atoms with van der Waals surface area (Å²) in [6.45, 7) is 0. The van der Waals surface area contributed by atoms with Crippen molar-refractivity contribution in [1.29, 1.82) is 0 Å². The van der Waals surface area contributed by atoms with Crippen molar-refractivity contribution in [2.45, 2.75) is 35.5 Å². The van der Waals surface area contributed by atoms with E-state index >= 15 is 52.7 Å². The lowest BCUT2D eigenvalue weighted by atomic mass is 9.68. The second kappa shape index (κ2) is 12.9. The minimum Gasteiger partial charge on any atom is -0.478 e. The third-order valence-corrected chi connectivity index (χ3v) is 7.70. The predicted molar refractivity (Wildman–Crippen MR) is 153 cm³/mol. The Morgan fingerprint density at radius 2 is 0.680 bits per heavy atom. The molecule has 0 bridgehead atoms. The summed E-state index contributed by atoms with van der Waals surface area (Å²) in [6.07, 6.45) is -14.6. The van der Waals surface area contributed by atoms with Crippen LogP contribution in [0.25, 0.3) is 5.57 Å². The van der Waals surface area contributed by atoms with Crippen LogP contribution >= 0.6 is 0 Å². The van der Waals surface area contributed by atoms with E-state index in [0.29, 0.717) is 24.3 Å². The average molecular weight is 721 g/mol. The Morgan fingerprint density at radius 1 is 0.400 bits per heavy atom. The Labute approximate surface area is 273 Å². The molecule has 16 heteroatoms. The first-order valence-corrected chi connectivity index (χ1v) is 13.8. The van der Waals surface area contributed by atoms with Gasteiger partial charge in [-0.2, -0.15) is 43.9 Å². The van der Waals surface area contributed by atoms with Crippen molar-refractivity contribution in [3.8, 4) is 0 Å². The first-order chi connectivity index (χ1) is 23.0. The summed E-state index contributed by atoms with van der Waals surface area (Å²) in [5.74, 6) is -16.4. The smallest absolute Gasteiger partial charge is 0.433 e. The monoisotopic (exact) mass is 720 g/mol. The second-order valence-corrected chi connectivity index (χ2v) is 10.7. The van der Waals surface area contributed by atoms with Gasteiger partial charge in [0.2, 0.25) is 0 Å². The number of halogens is 12. The number of benzene rings is 4. The molecular weight excluding hydrogens is 700 g/mol. The number of aromatic carboxylic acids is 2. The van der Waals surface area contributed by atoms with E-state index in [9.17, 15) is 9.59 Å². The molecule has 0 radical (unpaired) electrons. The van der Waals surface area contributed by atoms with Gasteiger partial charge in [0.15, 0.2) is 0 Å². The van der Waals surface area contributed by atoms with Crippen LogP contribution in [0, 0.1) is 0 Å². The highest BCUT2D eigenvalue weighted by molar-refractivity contribution is 5.88. The van der Waals surface area contributed by atoms with Gasteiger partial charge in [0.25, 0.3) is 11.3 Å².